The summed E-state index contributed by atoms with van der Waals surface area (Å²) in [7, 11) is 0. The second-order valence-corrected chi connectivity index (χ2v) is 8.66. The number of halogens is 1. The van der Waals surface area contributed by atoms with E-state index >= 15 is 0 Å². The van der Waals surface area contributed by atoms with Gasteiger partial charge in [0.2, 0.25) is 0 Å². The van der Waals surface area contributed by atoms with Crippen LogP contribution in [0.1, 0.15) is 25.7 Å². The molecule has 0 bridgehead atoms. The van der Waals surface area contributed by atoms with E-state index in [0.717, 1.165) is 0 Å². The Morgan fingerprint density at radius 3 is 2.55 bits per heavy atom. The number of carbonyl (C=O) groups excluding carboxylic acids is 2. The molecule has 5 aromatic rings. The van der Waals surface area contributed by atoms with E-state index in [9.17, 15) is 9.59 Å². The first-order chi connectivity index (χ1) is 16.1. The average molecular weight is 474 g/mol. The Balaban J connectivity index is 1.55. The molecule has 0 spiro atoms. The second-order valence-electron chi connectivity index (χ2n) is 7.28. The van der Waals surface area contributed by atoms with E-state index in [4.69, 9.17) is 25.6 Å². The van der Waals surface area contributed by atoms with Gasteiger partial charge in [0.15, 0.2) is 28.6 Å². The fourth-order valence-corrected chi connectivity index (χ4v) is 4.57. The van der Waals surface area contributed by atoms with Gasteiger partial charge in [-0.2, -0.15) is 0 Å². The summed E-state index contributed by atoms with van der Waals surface area (Å²) < 4.78 is 17.4. The number of nitrogens with zero attached hydrogens (tertiary/aromatic N) is 1. The molecule has 0 amide bonds. The van der Waals surface area contributed by atoms with Gasteiger partial charge in [0.25, 0.3) is 0 Å². The van der Waals surface area contributed by atoms with Gasteiger partial charge in [-0.1, -0.05) is 47.1 Å². The smallest absolute Gasteiger partial charge is 0.353 e. The Hall–Kier alpha value is -3.94. The van der Waals surface area contributed by atoms with Crippen LogP contribution >= 0.6 is 22.9 Å². The molecule has 33 heavy (non-hydrogen) atoms. The lowest BCUT2D eigenvalue weighted by Gasteiger charge is -2.17. The topological polar surface area (TPSA) is 78.6 Å². The Kier molecular flexibility index (Phi) is 4.53. The molecule has 0 N–H and O–H groups in total. The monoisotopic (exact) mass is 473 g/mol. The van der Waals surface area contributed by atoms with Gasteiger partial charge in [-0.15, -0.1) is 11.3 Å². The minimum atomic E-state index is -0.538. The maximum atomic E-state index is 13.3. The highest BCUT2D eigenvalue weighted by Gasteiger charge is 2.33. The maximum Gasteiger partial charge on any atom is 0.353 e. The molecule has 0 saturated heterocycles. The van der Waals surface area contributed by atoms with Gasteiger partial charge in [-0.05, 0) is 35.7 Å². The lowest BCUT2D eigenvalue weighted by molar-refractivity contribution is 0.0741. The quantitative estimate of drug-likeness (QED) is 0.218. The van der Waals surface area contributed by atoms with Crippen molar-refractivity contribution in [1.29, 1.82) is 0 Å². The summed E-state index contributed by atoms with van der Waals surface area (Å²) in [5.74, 6) is -0.0153. The third-order valence-corrected chi connectivity index (χ3v) is 6.39. The van der Waals surface area contributed by atoms with E-state index in [0.29, 0.717) is 43.1 Å². The lowest BCUT2D eigenvalue weighted by atomic mass is 9.92. The summed E-state index contributed by atoms with van der Waals surface area (Å²) in [5.41, 5.74) is 0.993. The summed E-state index contributed by atoms with van der Waals surface area (Å²) in [4.78, 5) is 26.5. The van der Waals surface area contributed by atoms with Crippen LogP contribution in [0.15, 0.2) is 76.6 Å². The second kappa shape index (κ2) is 7.58. The molecule has 3 aromatic carbocycles. The molecule has 0 unspecified atom stereocenters. The number of benzene rings is 3. The molecule has 0 saturated carbocycles. The van der Waals surface area contributed by atoms with Crippen molar-refractivity contribution in [1.82, 2.24) is 5.16 Å². The predicted molar refractivity (Wildman–Crippen MR) is 125 cm³/mol. The number of ketones is 1. The SMILES string of the molecule is O=C(Oc1c2c3c(noc3c3ccccc13)C(Oc1ccc(Cl)cc1)=CC2=O)c1cccs1. The number of esters is 1. The van der Waals surface area contributed by atoms with Crippen LogP contribution in [-0.4, -0.2) is 16.9 Å². The lowest BCUT2D eigenvalue weighted by Crippen LogP contribution is -2.14. The van der Waals surface area contributed by atoms with E-state index in [2.05, 4.69) is 5.16 Å². The van der Waals surface area contributed by atoms with E-state index in [1.54, 1.807) is 53.9 Å². The Labute approximate surface area is 195 Å². The number of rotatable bonds is 4. The van der Waals surface area contributed by atoms with Crippen molar-refractivity contribution in [2.24, 2.45) is 0 Å². The first-order valence-electron chi connectivity index (χ1n) is 9.90. The van der Waals surface area contributed by atoms with Crippen molar-refractivity contribution >= 4 is 62.2 Å². The van der Waals surface area contributed by atoms with Crippen LogP contribution in [0, 0.1) is 0 Å². The molecule has 8 heteroatoms. The Morgan fingerprint density at radius 1 is 1.00 bits per heavy atom. The van der Waals surface area contributed by atoms with Gasteiger partial charge < -0.3 is 14.0 Å². The van der Waals surface area contributed by atoms with E-state index in [-0.39, 0.29) is 22.9 Å². The van der Waals surface area contributed by atoms with Crippen molar-refractivity contribution in [3.8, 4) is 11.5 Å². The van der Waals surface area contributed by atoms with Crippen LogP contribution in [0.5, 0.6) is 11.5 Å². The van der Waals surface area contributed by atoms with Crippen molar-refractivity contribution in [3.63, 3.8) is 0 Å². The number of thiophene rings is 1. The van der Waals surface area contributed by atoms with E-state index < -0.39 is 5.97 Å². The molecule has 0 aliphatic heterocycles. The molecule has 0 radical (unpaired) electrons. The number of aromatic nitrogens is 1. The van der Waals surface area contributed by atoms with Crippen LogP contribution < -0.4 is 9.47 Å². The summed E-state index contributed by atoms with van der Waals surface area (Å²) in [5, 5.41) is 8.24. The van der Waals surface area contributed by atoms with Gasteiger partial charge >= 0.3 is 5.97 Å². The Bertz CT molecular complexity index is 1600. The molecule has 6 nitrogen and oxygen atoms in total. The summed E-state index contributed by atoms with van der Waals surface area (Å²) >= 11 is 7.21. The first-order valence-corrected chi connectivity index (χ1v) is 11.2. The first kappa shape index (κ1) is 19.7. The molecular weight excluding hydrogens is 462 g/mol. The fraction of sp³-hybridized carbons (Fsp3) is 0. The van der Waals surface area contributed by atoms with Crippen LogP contribution in [-0.2, 0) is 0 Å². The van der Waals surface area contributed by atoms with Crippen LogP contribution in [0.3, 0.4) is 0 Å². The third-order valence-electron chi connectivity index (χ3n) is 5.29. The standard InChI is InChI=1S/C25H12ClNO5S/c26-13-7-9-14(10-8-13)30-18-12-17(28)20-21-22(18)27-32-24(21)16-5-2-1-4-15(16)23(20)31-25(29)19-6-3-11-33-19/h1-12H. The highest BCUT2D eigenvalue weighted by molar-refractivity contribution is 7.12. The van der Waals surface area contributed by atoms with Crippen LogP contribution in [0.25, 0.3) is 27.5 Å². The van der Waals surface area contributed by atoms with Crippen molar-refractivity contribution in [3.05, 3.63) is 93.3 Å². The molecule has 0 fully saturated rings. The molecule has 1 aliphatic rings. The van der Waals surface area contributed by atoms with Gasteiger partial charge in [0.05, 0.1) is 10.9 Å². The van der Waals surface area contributed by atoms with Crippen LogP contribution in [0.2, 0.25) is 5.02 Å². The molecule has 1 aliphatic carbocycles. The summed E-state index contributed by atoms with van der Waals surface area (Å²) in [6.07, 6.45) is 1.32. The average Bonchev–Trinajstić information content (AvgIpc) is 3.51. The van der Waals surface area contributed by atoms with Crippen molar-refractivity contribution in [2.75, 3.05) is 0 Å². The number of fused-ring (bicyclic) bond motifs is 2. The normalized spacial score (nSPS) is 12.8. The van der Waals surface area contributed by atoms with Crippen molar-refractivity contribution in [2.45, 2.75) is 0 Å². The molecular formula is C25H12ClNO5S. The van der Waals surface area contributed by atoms with Gasteiger partial charge in [0.1, 0.15) is 10.6 Å². The van der Waals surface area contributed by atoms with E-state index in [1.165, 1.54) is 17.4 Å². The molecule has 6 rings (SSSR count). The van der Waals surface area contributed by atoms with Crippen molar-refractivity contribution < 1.29 is 23.6 Å². The minimum Gasteiger partial charge on any atom is -0.455 e. The highest BCUT2D eigenvalue weighted by atomic mass is 35.5. The zero-order chi connectivity index (χ0) is 22.5. The van der Waals surface area contributed by atoms with Crippen LogP contribution in [0.4, 0.5) is 0 Å². The minimum absolute atomic E-state index is 0.174. The number of hydrogen-bond donors (Lipinski definition) is 0. The fourth-order valence-electron chi connectivity index (χ4n) is 3.85. The largest absolute Gasteiger partial charge is 0.455 e. The summed E-state index contributed by atoms with van der Waals surface area (Å²) in [6, 6.07) is 17.4. The molecule has 2 heterocycles. The predicted octanol–water partition coefficient (Wildman–Crippen LogP) is 6.53. The zero-order valence-electron chi connectivity index (χ0n) is 16.7. The molecule has 160 valence electrons. The number of carbonyl (C=O) groups is 2. The Morgan fingerprint density at radius 2 is 1.79 bits per heavy atom. The molecule has 0 atom stereocenters. The third kappa shape index (κ3) is 3.21. The maximum absolute atomic E-state index is 13.3. The zero-order valence-corrected chi connectivity index (χ0v) is 18.3. The molecule has 2 aromatic heterocycles. The summed E-state index contributed by atoms with van der Waals surface area (Å²) in [6.45, 7) is 0. The number of allylic oxidation sites excluding steroid dienone is 1. The highest BCUT2D eigenvalue weighted by Crippen LogP contribution is 2.44. The van der Waals surface area contributed by atoms with Gasteiger partial charge in [-0.3, -0.25) is 4.79 Å². The van der Waals surface area contributed by atoms with E-state index in [1.807, 2.05) is 12.1 Å². The number of ether oxygens (including phenoxy) is 2. The number of hydrogen-bond acceptors (Lipinski definition) is 7. The van der Waals surface area contributed by atoms with Gasteiger partial charge in [-0.25, -0.2) is 4.79 Å². The van der Waals surface area contributed by atoms with Gasteiger partial charge in [0, 0.05) is 21.9 Å².